The van der Waals surface area contributed by atoms with Crippen LogP contribution in [0.4, 0.5) is 5.95 Å². The fourth-order valence-electron chi connectivity index (χ4n) is 3.52. The Hall–Kier alpha value is -3.13. The molecule has 8 heteroatoms. The fourth-order valence-corrected chi connectivity index (χ4v) is 3.89. The summed E-state index contributed by atoms with van der Waals surface area (Å²) in [6, 6.07) is 15.2. The van der Waals surface area contributed by atoms with Crippen molar-refractivity contribution in [1.82, 2.24) is 14.8 Å². The standard InChI is InChI=1S/C23H23BrN4O3/c1-3-11-30-22(29)20-15(2)27-23-25-14-26-28(23)21(20)18-12-17(24)9-10-19(18)31-13-16-7-5-4-6-8-16/h4-10,12,14,21H,3,11,13H2,1-2H3,(H,25,26,27). The summed E-state index contributed by atoms with van der Waals surface area (Å²) in [5, 5.41) is 7.54. The van der Waals surface area contributed by atoms with Crippen LogP contribution in [0.15, 0.2) is 70.6 Å². The van der Waals surface area contributed by atoms with E-state index in [9.17, 15) is 4.79 Å². The van der Waals surface area contributed by atoms with Gasteiger partial charge in [-0.3, -0.25) is 0 Å². The van der Waals surface area contributed by atoms with E-state index in [-0.39, 0.29) is 5.97 Å². The summed E-state index contributed by atoms with van der Waals surface area (Å²) in [7, 11) is 0. The minimum absolute atomic E-state index is 0.350. The predicted octanol–water partition coefficient (Wildman–Crippen LogP) is 4.86. The molecule has 0 fully saturated rings. The third-order valence-electron chi connectivity index (χ3n) is 4.96. The average molecular weight is 483 g/mol. The van der Waals surface area contributed by atoms with Gasteiger partial charge in [0.1, 0.15) is 24.7 Å². The first kappa shape index (κ1) is 21.1. The number of benzene rings is 2. The molecule has 0 saturated heterocycles. The van der Waals surface area contributed by atoms with E-state index >= 15 is 0 Å². The van der Waals surface area contributed by atoms with Crippen LogP contribution in [0.3, 0.4) is 0 Å². The monoisotopic (exact) mass is 482 g/mol. The molecule has 1 N–H and O–H groups in total. The molecule has 31 heavy (non-hydrogen) atoms. The van der Waals surface area contributed by atoms with Crippen LogP contribution in [0.1, 0.15) is 37.4 Å². The number of aromatic nitrogens is 3. The normalized spacial score (nSPS) is 15.3. The van der Waals surface area contributed by atoms with Crippen molar-refractivity contribution in [1.29, 1.82) is 0 Å². The average Bonchev–Trinajstić information content (AvgIpc) is 3.24. The second-order valence-corrected chi connectivity index (χ2v) is 8.10. The zero-order valence-corrected chi connectivity index (χ0v) is 18.9. The van der Waals surface area contributed by atoms with E-state index in [0.717, 1.165) is 22.0 Å². The molecule has 0 saturated carbocycles. The number of rotatable bonds is 7. The van der Waals surface area contributed by atoms with Crippen molar-refractivity contribution >= 4 is 27.8 Å². The lowest BCUT2D eigenvalue weighted by Crippen LogP contribution is -2.30. The number of esters is 1. The first-order valence-corrected chi connectivity index (χ1v) is 10.9. The van der Waals surface area contributed by atoms with Gasteiger partial charge in [0.25, 0.3) is 0 Å². The summed E-state index contributed by atoms with van der Waals surface area (Å²) in [6.07, 6.45) is 2.21. The molecule has 0 amide bonds. The second-order valence-electron chi connectivity index (χ2n) is 7.19. The van der Waals surface area contributed by atoms with Gasteiger partial charge in [0.2, 0.25) is 5.95 Å². The van der Waals surface area contributed by atoms with Gasteiger partial charge >= 0.3 is 5.97 Å². The Morgan fingerprint density at radius 3 is 2.81 bits per heavy atom. The molecule has 1 aliphatic heterocycles. The first-order valence-electron chi connectivity index (χ1n) is 10.1. The third-order valence-corrected chi connectivity index (χ3v) is 5.45. The number of carbonyl (C=O) groups excluding carboxylic acids is 1. The van der Waals surface area contributed by atoms with Gasteiger partial charge in [-0.1, -0.05) is 53.2 Å². The molecule has 1 unspecified atom stereocenters. The third kappa shape index (κ3) is 4.49. The largest absolute Gasteiger partial charge is 0.489 e. The van der Waals surface area contributed by atoms with E-state index in [1.807, 2.05) is 62.4 Å². The molecule has 3 aromatic rings. The lowest BCUT2D eigenvalue weighted by Gasteiger charge is -2.29. The van der Waals surface area contributed by atoms with Crippen molar-refractivity contribution in [3.05, 3.63) is 81.7 Å². The van der Waals surface area contributed by atoms with Gasteiger partial charge in [-0.25, -0.2) is 9.48 Å². The molecule has 0 aliphatic carbocycles. The number of anilines is 1. The Morgan fingerprint density at radius 2 is 2.03 bits per heavy atom. The lowest BCUT2D eigenvalue weighted by atomic mass is 9.95. The van der Waals surface area contributed by atoms with Gasteiger partial charge in [-0.05, 0) is 37.1 Å². The number of allylic oxidation sites excluding steroid dienone is 1. The lowest BCUT2D eigenvalue weighted by molar-refractivity contribution is -0.139. The number of hydrogen-bond donors (Lipinski definition) is 1. The maximum atomic E-state index is 13.0. The summed E-state index contributed by atoms with van der Waals surface area (Å²) in [4.78, 5) is 17.3. The zero-order valence-electron chi connectivity index (χ0n) is 17.3. The molecular formula is C23H23BrN4O3. The van der Waals surface area contributed by atoms with Crippen LogP contribution in [0.25, 0.3) is 0 Å². The molecule has 0 bridgehead atoms. The Balaban J connectivity index is 1.76. The first-order chi connectivity index (χ1) is 15.1. The van der Waals surface area contributed by atoms with Gasteiger partial charge in [0, 0.05) is 15.7 Å². The molecule has 2 heterocycles. The Kier molecular flexibility index (Phi) is 6.36. The van der Waals surface area contributed by atoms with Crippen LogP contribution in [-0.2, 0) is 16.1 Å². The minimum atomic E-state index is -0.536. The number of carbonyl (C=O) groups is 1. The van der Waals surface area contributed by atoms with Crippen LogP contribution in [-0.4, -0.2) is 27.3 Å². The smallest absolute Gasteiger partial charge is 0.338 e. The summed E-state index contributed by atoms with van der Waals surface area (Å²) in [5.74, 6) is 0.838. The molecule has 0 spiro atoms. The van der Waals surface area contributed by atoms with Crippen molar-refractivity contribution in [3.63, 3.8) is 0 Å². The summed E-state index contributed by atoms with van der Waals surface area (Å²) < 4.78 is 14.2. The summed E-state index contributed by atoms with van der Waals surface area (Å²) in [6.45, 7) is 4.56. The number of halogens is 1. The van der Waals surface area contributed by atoms with Gasteiger partial charge in [-0.2, -0.15) is 10.1 Å². The molecular weight excluding hydrogens is 460 g/mol. The molecule has 1 aliphatic rings. The highest BCUT2D eigenvalue weighted by Crippen LogP contribution is 2.40. The Bertz CT molecular complexity index is 1110. The van der Waals surface area contributed by atoms with Crippen LogP contribution in [0.5, 0.6) is 5.75 Å². The Labute approximate surface area is 189 Å². The van der Waals surface area contributed by atoms with Crippen molar-refractivity contribution in [2.45, 2.75) is 32.9 Å². The number of hydrogen-bond acceptors (Lipinski definition) is 6. The molecule has 4 rings (SSSR count). The molecule has 0 radical (unpaired) electrons. The molecule has 1 atom stereocenters. The molecule has 2 aromatic carbocycles. The summed E-state index contributed by atoms with van der Waals surface area (Å²) >= 11 is 3.55. The zero-order chi connectivity index (χ0) is 21.8. The highest BCUT2D eigenvalue weighted by molar-refractivity contribution is 9.10. The summed E-state index contributed by atoms with van der Waals surface area (Å²) in [5.41, 5.74) is 3.01. The Morgan fingerprint density at radius 1 is 1.23 bits per heavy atom. The molecule has 160 valence electrons. The van der Waals surface area contributed by atoms with Crippen LogP contribution in [0.2, 0.25) is 0 Å². The highest BCUT2D eigenvalue weighted by Gasteiger charge is 2.36. The van der Waals surface area contributed by atoms with Crippen molar-refractivity contribution in [2.75, 3.05) is 11.9 Å². The minimum Gasteiger partial charge on any atom is -0.489 e. The van der Waals surface area contributed by atoms with Crippen molar-refractivity contribution in [3.8, 4) is 5.75 Å². The molecule has 7 nitrogen and oxygen atoms in total. The quantitative estimate of drug-likeness (QED) is 0.484. The van der Waals surface area contributed by atoms with E-state index in [1.165, 1.54) is 6.33 Å². The number of nitrogens with one attached hydrogen (secondary N) is 1. The van der Waals surface area contributed by atoms with Crippen LogP contribution < -0.4 is 10.1 Å². The van der Waals surface area contributed by atoms with Gasteiger partial charge < -0.3 is 14.8 Å². The van der Waals surface area contributed by atoms with E-state index in [0.29, 0.717) is 36.2 Å². The topological polar surface area (TPSA) is 78.3 Å². The van der Waals surface area contributed by atoms with Crippen LogP contribution >= 0.6 is 15.9 Å². The maximum absolute atomic E-state index is 13.0. The van der Waals surface area contributed by atoms with Crippen molar-refractivity contribution in [2.24, 2.45) is 0 Å². The van der Waals surface area contributed by atoms with E-state index in [2.05, 4.69) is 31.3 Å². The number of nitrogens with zero attached hydrogens (tertiary/aromatic N) is 3. The van der Waals surface area contributed by atoms with Gasteiger partial charge in [0.05, 0.1) is 12.2 Å². The SMILES string of the molecule is CCCOC(=O)C1=C(C)Nc2ncnn2C1c1cc(Br)ccc1OCc1ccccc1. The fraction of sp³-hybridized carbons (Fsp3) is 0.261. The van der Waals surface area contributed by atoms with Crippen molar-refractivity contribution < 1.29 is 14.3 Å². The van der Waals surface area contributed by atoms with Gasteiger partial charge in [0.15, 0.2) is 0 Å². The van der Waals surface area contributed by atoms with E-state index < -0.39 is 6.04 Å². The van der Waals surface area contributed by atoms with Gasteiger partial charge in [-0.15, -0.1) is 0 Å². The second kappa shape index (κ2) is 9.34. The molecule has 1 aromatic heterocycles. The van der Waals surface area contributed by atoms with E-state index in [1.54, 1.807) is 4.68 Å². The highest BCUT2D eigenvalue weighted by atomic mass is 79.9. The number of fused-ring (bicyclic) bond motifs is 1. The predicted molar refractivity (Wildman–Crippen MR) is 121 cm³/mol. The van der Waals surface area contributed by atoms with E-state index in [4.69, 9.17) is 9.47 Å². The maximum Gasteiger partial charge on any atom is 0.338 e. The van der Waals surface area contributed by atoms with Crippen LogP contribution in [0, 0.1) is 0 Å². The number of ether oxygens (including phenoxy) is 2.